The molecule has 1 aliphatic rings. The average molecular weight is 456 g/mol. The van der Waals surface area contributed by atoms with E-state index in [0.717, 1.165) is 35.4 Å². The zero-order valence-corrected chi connectivity index (χ0v) is 19.3. The Labute approximate surface area is 193 Å². The number of anilines is 2. The van der Waals surface area contributed by atoms with Crippen molar-refractivity contribution in [3.63, 3.8) is 0 Å². The molecule has 0 bridgehead atoms. The first-order valence-corrected chi connectivity index (χ1v) is 12.2. The summed E-state index contributed by atoms with van der Waals surface area (Å²) >= 11 is 1.72. The number of aromatic amines is 1. The maximum atomic E-state index is 12.6. The first-order chi connectivity index (χ1) is 15.5. The first-order valence-electron chi connectivity index (χ1n) is 10.9. The molecule has 32 heavy (non-hydrogen) atoms. The van der Waals surface area contributed by atoms with E-state index in [1.54, 1.807) is 24.2 Å². The molecule has 1 heterocycles. The summed E-state index contributed by atoms with van der Waals surface area (Å²) in [4.78, 5) is 15.3. The predicted molar refractivity (Wildman–Crippen MR) is 135 cm³/mol. The number of nitrogens with one attached hydrogen (secondary N) is 4. The molecule has 0 unspecified atom stereocenters. The van der Waals surface area contributed by atoms with Gasteiger partial charge in [-0.3, -0.25) is 10.2 Å². The van der Waals surface area contributed by atoms with Crippen LogP contribution in [-0.2, 0) is 12.3 Å². The monoisotopic (exact) mass is 455 g/mol. The van der Waals surface area contributed by atoms with Crippen LogP contribution in [-0.4, -0.2) is 28.1 Å². The summed E-state index contributed by atoms with van der Waals surface area (Å²) in [5.74, 6) is 6.84. The van der Waals surface area contributed by atoms with Gasteiger partial charge in [-0.15, -0.1) is 0 Å². The third-order valence-corrected chi connectivity index (χ3v) is 6.07. The number of aromatic nitrogens is 1. The molecule has 172 valence electrons. The van der Waals surface area contributed by atoms with Gasteiger partial charge in [0.15, 0.2) is 0 Å². The third kappa shape index (κ3) is 6.54. The Balaban J connectivity index is 1.84. The lowest BCUT2D eigenvalue weighted by Crippen LogP contribution is -2.29. The molecule has 1 saturated carbocycles. The number of amidine groups is 1. The number of rotatable bonds is 9. The van der Waals surface area contributed by atoms with Crippen molar-refractivity contribution in [2.75, 3.05) is 16.9 Å². The van der Waals surface area contributed by atoms with Gasteiger partial charge in [-0.1, -0.05) is 25.3 Å². The zero-order valence-electron chi connectivity index (χ0n) is 18.5. The van der Waals surface area contributed by atoms with Gasteiger partial charge in [0, 0.05) is 36.1 Å². The second-order valence-corrected chi connectivity index (χ2v) is 8.93. The largest absolute Gasteiger partial charge is 0.403 e. The fourth-order valence-electron chi connectivity index (χ4n) is 4.07. The molecule has 0 atom stereocenters. The number of thioether (sulfide) groups is 1. The van der Waals surface area contributed by atoms with Gasteiger partial charge >= 0.3 is 0 Å². The van der Waals surface area contributed by atoms with Crippen molar-refractivity contribution in [2.24, 2.45) is 11.6 Å². The van der Waals surface area contributed by atoms with E-state index in [1.165, 1.54) is 30.5 Å². The Morgan fingerprint density at radius 3 is 2.75 bits per heavy atom. The number of nitrogens with zero attached hydrogens (tertiary/aromatic N) is 1. The topological polar surface area (TPSA) is 136 Å². The van der Waals surface area contributed by atoms with Crippen LogP contribution in [0.25, 0.3) is 0 Å². The highest BCUT2D eigenvalue weighted by Crippen LogP contribution is 2.24. The van der Waals surface area contributed by atoms with Crippen LogP contribution in [0.1, 0.15) is 48.8 Å². The number of hydrogen-bond donors (Lipinski definition) is 6. The van der Waals surface area contributed by atoms with Gasteiger partial charge in [-0.25, -0.2) is 5.84 Å². The van der Waals surface area contributed by atoms with E-state index in [9.17, 15) is 4.79 Å². The number of hydrogen-bond acceptors (Lipinski definition) is 7. The summed E-state index contributed by atoms with van der Waals surface area (Å²) in [6.45, 7) is 0.471. The van der Waals surface area contributed by atoms with Gasteiger partial charge in [0.1, 0.15) is 11.4 Å². The van der Waals surface area contributed by atoms with Crippen molar-refractivity contribution in [3.05, 3.63) is 69.9 Å². The Bertz CT molecular complexity index is 998. The summed E-state index contributed by atoms with van der Waals surface area (Å²) in [7, 11) is 0. The highest BCUT2D eigenvalue weighted by atomic mass is 32.2. The zero-order chi connectivity index (χ0) is 22.9. The summed E-state index contributed by atoms with van der Waals surface area (Å²) < 4.78 is 0. The molecule has 1 aliphatic carbocycles. The Morgan fingerprint density at radius 1 is 1.28 bits per heavy atom. The fourth-order valence-corrected chi connectivity index (χ4v) is 4.57. The van der Waals surface area contributed by atoms with Crippen LogP contribution >= 0.6 is 11.8 Å². The highest BCUT2D eigenvalue weighted by Gasteiger charge is 2.18. The molecule has 3 rings (SSSR count). The van der Waals surface area contributed by atoms with Crippen molar-refractivity contribution in [2.45, 2.75) is 50.4 Å². The van der Waals surface area contributed by atoms with Crippen molar-refractivity contribution in [1.82, 2.24) is 9.99 Å². The van der Waals surface area contributed by atoms with E-state index < -0.39 is 0 Å². The predicted octanol–water partition coefficient (Wildman–Crippen LogP) is 3.53. The normalized spacial score (nSPS) is 14.4. The van der Waals surface area contributed by atoms with Gasteiger partial charge in [-0.2, -0.15) is 11.8 Å². The fraction of sp³-hybridized carbons (Fsp3) is 0.391. The standard InChI is InChI=1S/C23H33N7OS/c1-32-15-17-11-16(14-30(26)10-8-24)12-19(13-17)29-22(25)21-20(7-9-27-23(21)31)28-18-5-3-2-4-6-18/h7-13,18H,2-6,14-15,24,26H2,1H3,(H2,25,29)(H2,27,28,31)/b10-8-. The SMILES string of the molecule is CSCc1cc(CN(N)/C=C\N)cc(NC(=N)c2c(NC3CCCCC3)cc[nH]c2=O)c1. The van der Waals surface area contributed by atoms with Crippen LogP contribution in [0.3, 0.4) is 0 Å². The molecule has 8 N–H and O–H groups in total. The molecular formula is C23H33N7OS. The molecule has 0 aliphatic heterocycles. The second kappa shape index (κ2) is 11.6. The molecule has 0 amide bonds. The van der Waals surface area contributed by atoms with Crippen LogP contribution in [0.2, 0.25) is 0 Å². The van der Waals surface area contributed by atoms with E-state index in [1.807, 2.05) is 24.5 Å². The Hall–Kier alpha value is -2.91. The van der Waals surface area contributed by atoms with Crippen molar-refractivity contribution < 1.29 is 0 Å². The molecule has 0 spiro atoms. The van der Waals surface area contributed by atoms with E-state index in [2.05, 4.69) is 21.7 Å². The van der Waals surface area contributed by atoms with E-state index in [-0.39, 0.29) is 11.4 Å². The van der Waals surface area contributed by atoms with Gasteiger partial charge < -0.3 is 26.4 Å². The van der Waals surface area contributed by atoms with E-state index in [4.69, 9.17) is 17.0 Å². The van der Waals surface area contributed by atoms with Crippen LogP contribution in [0.4, 0.5) is 11.4 Å². The third-order valence-electron chi connectivity index (χ3n) is 5.45. The van der Waals surface area contributed by atoms with Crippen LogP contribution in [0.15, 0.2) is 47.7 Å². The molecule has 1 aromatic carbocycles. The van der Waals surface area contributed by atoms with E-state index >= 15 is 0 Å². The summed E-state index contributed by atoms with van der Waals surface area (Å²) in [6, 6.07) is 8.19. The molecule has 8 nitrogen and oxygen atoms in total. The second-order valence-electron chi connectivity index (χ2n) is 8.06. The van der Waals surface area contributed by atoms with Gasteiger partial charge in [0.05, 0.1) is 12.2 Å². The smallest absolute Gasteiger partial charge is 0.261 e. The minimum absolute atomic E-state index is 0.0591. The Morgan fingerprint density at radius 2 is 2.03 bits per heavy atom. The minimum Gasteiger partial charge on any atom is -0.403 e. The molecule has 9 heteroatoms. The average Bonchev–Trinajstić information content (AvgIpc) is 2.74. The van der Waals surface area contributed by atoms with Crippen molar-refractivity contribution >= 4 is 29.0 Å². The number of pyridine rings is 1. The lowest BCUT2D eigenvalue weighted by atomic mass is 9.95. The van der Waals surface area contributed by atoms with Crippen molar-refractivity contribution in [1.29, 1.82) is 5.41 Å². The molecule has 1 fully saturated rings. The maximum absolute atomic E-state index is 12.6. The maximum Gasteiger partial charge on any atom is 0.261 e. The summed E-state index contributed by atoms with van der Waals surface area (Å²) in [5.41, 5.74) is 8.99. The quantitative estimate of drug-likeness (QED) is 0.147. The van der Waals surface area contributed by atoms with Crippen molar-refractivity contribution in [3.8, 4) is 0 Å². The molecular weight excluding hydrogens is 422 g/mol. The number of nitrogens with two attached hydrogens (primary N) is 2. The van der Waals surface area contributed by atoms with Crippen LogP contribution in [0, 0.1) is 5.41 Å². The highest BCUT2D eigenvalue weighted by molar-refractivity contribution is 7.97. The van der Waals surface area contributed by atoms with Crippen LogP contribution in [0.5, 0.6) is 0 Å². The molecule has 2 aromatic rings. The Kier molecular flexibility index (Phi) is 8.64. The molecule has 0 radical (unpaired) electrons. The number of H-pyrrole nitrogens is 1. The minimum atomic E-state index is -0.287. The van der Waals surface area contributed by atoms with Gasteiger partial charge in [0.25, 0.3) is 5.56 Å². The lowest BCUT2D eigenvalue weighted by Gasteiger charge is -2.25. The number of hydrazine groups is 1. The van der Waals surface area contributed by atoms with Crippen LogP contribution < -0.4 is 27.8 Å². The summed E-state index contributed by atoms with van der Waals surface area (Å²) in [6.07, 6.45) is 12.5. The lowest BCUT2D eigenvalue weighted by molar-refractivity contribution is 0.386. The number of benzene rings is 1. The van der Waals surface area contributed by atoms with E-state index in [0.29, 0.717) is 23.8 Å². The van der Waals surface area contributed by atoms with Gasteiger partial charge in [0.2, 0.25) is 0 Å². The first kappa shape index (κ1) is 23.7. The van der Waals surface area contributed by atoms with Gasteiger partial charge in [-0.05, 0) is 48.4 Å². The molecule has 0 saturated heterocycles. The summed E-state index contributed by atoms with van der Waals surface area (Å²) in [5, 5.41) is 16.8. The molecule has 1 aromatic heterocycles.